The molecule has 0 aliphatic rings. The summed E-state index contributed by atoms with van der Waals surface area (Å²) in [6.07, 6.45) is 0. The second kappa shape index (κ2) is 6.70. The summed E-state index contributed by atoms with van der Waals surface area (Å²) in [4.78, 5) is 19.7. The molecule has 4 aromatic rings. The Hall–Kier alpha value is -2.64. The first-order valence-electron chi connectivity index (χ1n) is 7.49. The minimum absolute atomic E-state index is 0.165. The van der Waals surface area contributed by atoms with E-state index in [1.165, 1.54) is 11.8 Å². The maximum absolute atomic E-state index is 12.1. The van der Waals surface area contributed by atoms with E-state index in [-0.39, 0.29) is 11.7 Å². The number of halogens is 1. The summed E-state index contributed by atoms with van der Waals surface area (Å²) >= 11 is 7.25. The van der Waals surface area contributed by atoms with Gasteiger partial charge in [0.05, 0.1) is 16.5 Å². The predicted molar refractivity (Wildman–Crippen MR) is 100.0 cm³/mol. The molecule has 0 aliphatic heterocycles. The Morgan fingerprint density at radius 1 is 1.12 bits per heavy atom. The number of aromatic nitrogens is 4. The van der Waals surface area contributed by atoms with Gasteiger partial charge in [-0.25, -0.2) is 4.98 Å². The molecule has 6 nitrogen and oxygen atoms in total. The first kappa shape index (κ1) is 15.9. The molecule has 4 rings (SSSR count). The van der Waals surface area contributed by atoms with Crippen molar-refractivity contribution in [2.45, 2.75) is 5.16 Å². The molecule has 2 aromatic heterocycles. The van der Waals surface area contributed by atoms with Gasteiger partial charge in [0.2, 0.25) is 11.1 Å². The van der Waals surface area contributed by atoms with Gasteiger partial charge >= 0.3 is 0 Å². The largest absolute Gasteiger partial charge is 0.338 e. The van der Waals surface area contributed by atoms with Crippen molar-refractivity contribution in [3.05, 3.63) is 53.6 Å². The number of hydrogen-bond donors (Lipinski definition) is 2. The lowest BCUT2D eigenvalue weighted by Crippen LogP contribution is -2.14. The fraction of sp³-hybridized carbons (Fsp3) is 0.0588. The van der Waals surface area contributed by atoms with Gasteiger partial charge < -0.3 is 10.3 Å². The molecular weight excluding hydrogens is 358 g/mol. The fourth-order valence-electron chi connectivity index (χ4n) is 2.45. The van der Waals surface area contributed by atoms with Crippen LogP contribution in [0.15, 0.2) is 53.7 Å². The lowest BCUT2D eigenvalue weighted by atomic mass is 10.2. The molecule has 1 amide bonds. The number of rotatable bonds is 4. The Kier molecular flexibility index (Phi) is 4.25. The Labute approximate surface area is 152 Å². The molecule has 8 heteroatoms. The summed E-state index contributed by atoms with van der Waals surface area (Å²) in [5.41, 5.74) is 2.92. The van der Waals surface area contributed by atoms with Gasteiger partial charge in [0.15, 0.2) is 5.65 Å². The van der Waals surface area contributed by atoms with Crippen molar-refractivity contribution >= 4 is 57.0 Å². The number of thioether (sulfide) groups is 1. The maximum Gasteiger partial charge on any atom is 0.234 e. The predicted octanol–water partition coefficient (Wildman–Crippen LogP) is 3.89. The summed E-state index contributed by atoms with van der Waals surface area (Å²) in [6.45, 7) is 0. The summed E-state index contributed by atoms with van der Waals surface area (Å²) in [5, 5.41) is 13.0. The van der Waals surface area contributed by atoms with Crippen LogP contribution in [0.4, 0.5) is 5.69 Å². The van der Waals surface area contributed by atoms with Gasteiger partial charge in [-0.2, -0.15) is 0 Å². The van der Waals surface area contributed by atoms with Gasteiger partial charge in [-0.1, -0.05) is 53.7 Å². The number of hydrogen-bond acceptors (Lipinski definition) is 5. The highest BCUT2D eigenvalue weighted by molar-refractivity contribution is 7.99. The van der Waals surface area contributed by atoms with Gasteiger partial charge in [-0.05, 0) is 18.2 Å². The molecule has 0 bridgehead atoms. The second-order valence-corrected chi connectivity index (χ2v) is 6.63. The molecule has 2 heterocycles. The molecule has 0 fully saturated rings. The van der Waals surface area contributed by atoms with Crippen LogP contribution < -0.4 is 5.32 Å². The summed E-state index contributed by atoms with van der Waals surface area (Å²) in [5.74, 6) is -0.0167. The van der Waals surface area contributed by atoms with Crippen molar-refractivity contribution in [1.82, 2.24) is 20.2 Å². The van der Waals surface area contributed by atoms with Gasteiger partial charge in [0.25, 0.3) is 0 Å². The zero-order chi connectivity index (χ0) is 17.2. The van der Waals surface area contributed by atoms with Crippen LogP contribution in [0, 0.1) is 0 Å². The molecule has 2 N–H and O–H groups in total. The first-order chi connectivity index (χ1) is 12.2. The van der Waals surface area contributed by atoms with E-state index in [9.17, 15) is 4.79 Å². The third kappa shape index (κ3) is 3.29. The van der Waals surface area contributed by atoms with Gasteiger partial charge in [-0.15, -0.1) is 10.2 Å². The molecule has 0 atom stereocenters. The number of nitrogens with one attached hydrogen (secondary N) is 2. The molecule has 2 aromatic carbocycles. The van der Waals surface area contributed by atoms with Crippen molar-refractivity contribution in [1.29, 1.82) is 0 Å². The number of carbonyl (C=O) groups is 1. The summed E-state index contributed by atoms with van der Waals surface area (Å²) in [6, 6.07) is 14.9. The van der Waals surface area contributed by atoms with E-state index in [1.54, 1.807) is 12.1 Å². The normalized spacial score (nSPS) is 11.1. The quantitative estimate of drug-likeness (QED) is 0.533. The highest BCUT2D eigenvalue weighted by atomic mass is 35.5. The number of nitrogens with zero attached hydrogens (tertiary/aromatic N) is 3. The molecule has 0 saturated heterocycles. The minimum atomic E-state index is -0.182. The number of carbonyl (C=O) groups excluding carboxylic acids is 1. The molecule has 0 spiro atoms. The van der Waals surface area contributed by atoms with Crippen LogP contribution in [0.2, 0.25) is 5.02 Å². The number of H-pyrrole nitrogens is 1. The van der Waals surface area contributed by atoms with E-state index >= 15 is 0 Å². The van der Waals surface area contributed by atoms with Crippen molar-refractivity contribution in [2.24, 2.45) is 0 Å². The maximum atomic E-state index is 12.1. The van der Waals surface area contributed by atoms with E-state index in [1.807, 2.05) is 36.4 Å². The standard InChI is InChI=1S/C17H12ClN5OS/c18-11-6-2-4-8-13(11)19-14(24)9-25-17-21-16-15(22-23-17)10-5-1-3-7-12(10)20-16/h1-8H,9H2,(H,19,24)(H,20,21,23). The number of fused-ring (bicyclic) bond motifs is 3. The SMILES string of the molecule is O=C(CSc1nnc2c(n1)[nH]c1ccccc12)Nc1ccccc1Cl. The number of amides is 1. The highest BCUT2D eigenvalue weighted by Crippen LogP contribution is 2.24. The van der Waals surface area contributed by atoms with Crippen LogP contribution in [0.25, 0.3) is 22.1 Å². The average molecular weight is 370 g/mol. The molecule has 0 unspecified atom stereocenters. The lowest BCUT2D eigenvalue weighted by Gasteiger charge is -2.06. The summed E-state index contributed by atoms with van der Waals surface area (Å²) in [7, 11) is 0. The molecular formula is C17H12ClN5OS. The van der Waals surface area contributed by atoms with E-state index in [0.717, 1.165) is 16.4 Å². The number of anilines is 1. The smallest absolute Gasteiger partial charge is 0.234 e. The molecule has 124 valence electrons. The van der Waals surface area contributed by atoms with Crippen LogP contribution in [0.5, 0.6) is 0 Å². The topological polar surface area (TPSA) is 83.6 Å². The van der Waals surface area contributed by atoms with E-state index < -0.39 is 0 Å². The third-order valence-corrected chi connectivity index (χ3v) is 4.75. The number of aromatic amines is 1. The van der Waals surface area contributed by atoms with Crippen molar-refractivity contribution in [3.8, 4) is 0 Å². The second-order valence-electron chi connectivity index (χ2n) is 5.28. The van der Waals surface area contributed by atoms with Crippen LogP contribution in [-0.2, 0) is 4.79 Å². The van der Waals surface area contributed by atoms with Gasteiger partial charge in [0, 0.05) is 10.9 Å². The minimum Gasteiger partial charge on any atom is -0.338 e. The average Bonchev–Trinajstić information content (AvgIpc) is 3.00. The van der Waals surface area contributed by atoms with Crippen molar-refractivity contribution < 1.29 is 4.79 Å². The Morgan fingerprint density at radius 3 is 2.80 bits per heavy atom. The Bertz CT molecular complexity index is 1080. The van der Waals surface area contributed by atoms with Crippen molar-refractivity contribution in [3.63, 3.8) is 0 Å². The fourth-order valence-corrected chi connectivity index (χ4v) is 3.22. The zero-order valence-corrected chi connectivity index (χ0v) is 14.4. The molecule has 0 radical (unpaired) electrons. The summed E-state index contributed by atoms with van der Waals surface area (Å²) < 4.78 is 0. The van der Waals surface area contributed by atoms with E-state index in [2.05, 4.69) is 25.5 Å². The molecule has 0 saturated carbocycles. The van der Waals surface area contributed by atoms with Gasteiger partial charge in [0.1, 0.15) is 5.52 Å². The first-order valence-corrected chi connectivity index (χ1v) is 8.85. The zero-order valence-electron chi connectivity index (χ0n) is 12.9. The molecule has 0 aliphatic carbocycles. The van der Waals surface area contributed by atoms with E-state index in [0.29, 0.717) is 21.5 Å². The monoisotopic (exact) mass is 369 g/mol. The van der Waals surface area contributed by atoms with Crippen LogP contribution in [0.3, 0.4) is 0 Å². The van der Waals surface area contributed by atoms with E-state index in [4.69, 9.17) is 11.6 Å². The number of para-hydroxylation sites is 2. The highest BCUT2D eigenvalue weighted by Gasteiger charge is 2.11. The van der Waals surface area contributed by atoms with Crippen LogP contribution in [0.1, 0.15) is 0 Å². The van der Waals surface area contributed by atoms with Gasteiger partial charge in [-0.3, -0.25) is 4.79 Å². The lowest BCUT2D eigenvalue weighted by molar-refractivity contribution is -0.113. The molecule has 25 heavy (non-hydrogen) atoms. The third-order valence-electron chi connectivity index (χ3n) is 3.58. The van der Waals surface area contributed by atoms with Crippen molar-refractivity contribution in [2.75, 3.05) is 11.1 Å². The van der Waals surface area contributed by atoms with Crippen LogP contribution in [-0.4, -0.2) is 31.8 Å². The van der Waals surface area contributed by atoms with Crippen LogP contribution >= 0.6 is 23.4 Å². The Morgan fingerprint density at radius 2 is 1.92 bits per heavy atom. The number of benzene rings is 2. The Balaban J connectivity index is 1.48.